The highest BCUT2D eigenvalue weighted by molar-refractivity contribution is 6.29. The fourth-order valence-corrected chi connectivity index (χ4v) is 8.38. The molecule has 11 aromatic rings. The van der Waals surface area contributed by atoms with Crippen LogP contribution in [-0.2, 0) is 0 Å². The first kappa shape index (κ1) is 28.9. The molecule has 0 aliphatic carbocycles. The molecule has 52 heavy (non-hydrogen) atoms. The van der Waals surface area contributed by atoms with Crippen molar-refractivity contribution < 1.29 is 8.83 Å². The van der Waals surface area contributed by atoms with Crippen LogP contribution in [0.2, 0.25) is 0 Å². The van der Waals surface area contributed by atoms with Gasteiger partial charge in [0.05, 0.1) is 5.56 Å². The zero-order valence-corrected chi connectivity index (χ0v) is 28.1. The quantitative estimate of drug-likeness (QED) is 0.175. The van der Waals surface area contributed by atoms with E-state index in [1.165, 1.54) is 32.7 Å². The van der Waals surface area contributed by atoms with E-state index in [0.29, 0.717) is 0 Å². The van der Waals surface area contributed by atoms with E-state index in [9.17, 15) is 0 Å². The molecule has 0 unspecified atom stereocenters. The molecule has 2 nitrogen and oxygen atoms in total. The molecule has 0 amide bonds. The topological polar surface area (TPSA) is 26.3 Å². The standard InChI is InChI=1S/C50H30O2/c1-3-16-32(17-4-1)44-37-22-9-11-24-39(37)46(40-25-12-10-23-38(40)44)47-49-41(36-21-13-14-26-43(36)51-49)30-42-45(33-18-5-2-6-19-33)48(52-50(42)47)35-28-27-31-15-7-8-20-34(31)29-35/h1-30H. The lowest BCUT2D eigenvalue weighted by atomic mass is 9.85. The van der Waals surface area contributed by atoms with Crippen LogP contribution >= 0.6 is 0 Å². The van der Waals surface area contributed by atoms with Crippen molar-refractivity contribution in [2.24, 2.45) is 0 Å². The van der Waals surface area contributed by atoms with E-state index in [2.05, 4.69) is 176 Å². The van der Waals surface area contributed by atoms with Gasteiger partial charge in [0.2, 0.25) is 0 Å². The number of fused-ring (bicyclic) bond motifs is 7. The molecular weight excluding hydrogens is 633 g/mol. The summed E-state index contributed by atoms with van der Waals surface area (Å²) in [4.78, 5) is 0. The molecule has 2 heteroatoms. The summed E-state index contributed by atoms with van der Waals surface area (Å²) in [5.41, 5.74) is 10.2. The van der Waals surface area contributed by atoms with Gasteiger partial charge < -0.3 is 8.83 Å². The molecule has 0 N–H and O–H groups in total. The maximum absolute atomic E-state index is 7.33. The van der Waals surface area contributed by atoms with E-state index in [4.69, 9.17) is 8.83 Å². The summed E-state index contributed by atoms with van der Waals surface area (Å²) in [6.45, 7) is 0. The zero-order chi connectivity index (χ0) is 34.2. The van der Waals surface area contributed by atoms with Gasteiger partial charge in [-0.05, 0) is 67.2 Å². The maximum atomic E-state index is 7.33. The van der Waals surface area contributed by atoms with Crippen LogP contribution in [0.3, 0.4) is 0 Å². The summed E-state index contributed by atoms with van der Waals surface area (Å²) >= 11 is 0. The normalized spacial score (nSPS) is 11.8. The highest BCUT2D eigenvalue weighted by atomic mass is 16.3. The predicted molar refractivity (Wildman–Crippen MR) is 218 cm³/mol. The Bertz CT molecular complexity index is 3110. The van der Waals surface area contributed by atoms with Gasteiger partial charge in [-0.3, -0.25) is 0 Å². The van der Waals surface area contributed by atoms with Gasteiger partial charge >= 0.3 is 0 Å². The molecule has 0 atom stereocenters. The van der Waals surface area contributed by atoms with Gasteiger partial charge in [-0.25, -0.2) is 0 Å². The minimum Gasteiger partial charge on any atom is -0.455 e. The Kier molecular flexibility index (Phi) is 6.28. The molecular formula is C50H30O2. The van der Waals surface area contributed by atoms with Crippen molar-refractivity contribution in [3.8, 4) is 44.7 Å². The number of hydrogen-bond donors (Lipinski definition) is 0. The predicted octanol–water partition coefficient (Wildman–Crippen LogP) is 14.5. The molecule has 2 aromatic heterocycles. The summed E-state index contributed by atoms with van der Waals surface area (Å²) in [7, 11) is 0. The Balaban J connectivity index is 1.36. The average Bonchev–Trinajstić information content (AvgIpc) is 3.78. The molecule has 0 aliphatic rings. The zero-order valence-electron chi connectivity index (χ0n) is 28.1. The Hall–Kier alpha value is -6.90. The lowest BCUT2D eigenvalue weighted by Crippen LogP contribution is -1.91. The highest BCUT2D eigenvalue weighted by Gasteiger charge is 2.28. The second-order valence-electron chi connectivity index (χ2n) is 13.5. The summed E-state index contributed by atoms with van der Waals surface area (Å²) in [5.74, 6) is 0.847. The van der Waals surface area contributed by atoms with Crippen molar-refractivity contribution in [2.75, 3.05) is 0 Å². The molecule has 2 heterocycles. The molecule has 9 aromatic carbocycles. The molecule has 0 saturated carbocycles. The average molecular weight is 663 g/mol. The van der Waals surface area contributed by atoms with E-state index in [1.54, 1.807) is 0 Å². The lowest BCUT2D eigenvalue weighted by molar-refractivity contribution is 0.630. The summed E-state index contributed by atoms with van der Waals surface area (Å²) in [6, 6.07) is 64.7. The van der Waals surface area contributed by atoms with Crippen LogP contribution in [0.4, 0.5) is 0 Å². The van der Waals surface area contributed by atoms with E-state index in [-0.39, 0.29) is 0 Å². The summed E-state index contributed by atoms with van der Waals surface area (Å²) in [5, 5.41) is 10.3. The third kappa shape index (κ3) is 4.25. The second kappa shape index (κ2) is 11.3. The first-order valence-electron chi connectivity index (χ1n) is 17.8. The highest BCUT2D eigenvalue weighted by Crippen LogP contribution is 2.52. The van der Waals surface area contributed by atoms with Crippen molar-refractivity contribution in [2.45, 2.75) is 0 Å². The Morgan fingerprint density at radius 2 is 0.788 bits per heavy atom. The van der Waals surface area contributed by atoms with Crippen LogP contribution < -0.4 is 0 Å². The van der Waals surface area contributed by atoms with Gasteiger partial charge in [0.1, 0.15) is 22.5 Å². The summed E-state index contributed by atoms with van der Waals surface area (Å²) < 4.78 is 14.2. The van der Waals surface area contributed by atoms with Crippen LogP contribution in [0.15, 0.2) is 191 Å². The Morgan fingerprint density at radius 1 is 0.269 bits per heavy atom. The minimum atomic E-state index is 0.816. The molecule has 242 valence electrons. The van der Waals surface area contributed by atoms with Crippen LogP contribution in [0.25, 0.3) is 110 Å². The van der Waals surface area contributed by atoms with Gasteiger partial charge in [-0.2, -0.15) is 0 Å². The van der Waals surface area contributed by atoms with Crippen LogP contribution in [0.5, 0.6) is 0 Å². The van der Waals surface area contributed by atoms with Gasteiger partial charge in [0.25, 0.3) is 0 Å². The molecule has 0 aliphatic heterocycles. The van der Waals surface area contributed by atoms with Crippen molar-refractivity contribution in [3.63, 3.8) is 0 Å². The molecule has 0 saturated heterocycles. The van der Waals surface area contributed by atoms with Gasteiger partial charge in [-0.1, -0.05) is 164 Å². The maximum Gasteiger partial charge on any atom is 0.147 e. The third-order valence-corrected chi connectivity index (χ3v) is 10.6. The third-order valence-electron chi connectivity index (χ3n) is 10.6. The fourth-order valence-electron chi connectivity index (χ4n) is 8.38. The molecule has 0 radical (unpaired) electrons. The van der Waals surface area contributed by atoms with Crippen molar-refractivity contribution in [3.05, 3.63) is 182 Å². The van der Waals surface area contributed by atoms with Crippen LogP contribution in [-0.4, -0.2) is 0 Å². The molecule has 0 fully saturated rings. The smallest absolute Gasteiger partial charge is 0.147 e. The SMILES string of the molecule is c1ccc(-c2c3ccccc3c(-c3c4oc(-c5ccc6ccccc6c5)c(-c5ccccc5)c4cc4c3oc3ccccc34)c3ccccc23)cc1. The number of furan rings is 2. The second-order valence-corrected chi connectivity index (χ2v) is 13.5. The van der Waals surface area contributed by atoms with Gasteiger partial charge in [-0.15, -0.1) is 0 Å². The number of rotatable bonds is 4. The first-order valence-corrected chi connectivity index (χ1v) is 17.8. The fraction of sp³-hybridized carbons (Fsp3) is 0. The largest absolute Gasteiger partial charge is 0.455 e. The van der Waals surface area contributed by atoms with Crippen molar-refractivity contribution in [1.82, 2.24) is 0 Å². The number of benzene rings is 9. The van der Waals surface area contributed by atoms with Gasteiger partial charge in [0, 0.05) is 32.8 Å². The van der Waals surface area contributed by atoms with E-state index in [0.717, 1.165) is 77.3 Å². The van der Waals surface area contributed by atoms with E-state index < -0.39 is 0 Å². The van der Waals surface area contributed by atoms with Crippen molar-refractivity contribution in [1.29, 1.82) is 0 Å². The van der Waals surface area contributed by atoms with Crippen LogP contribution in [0.1, 0.15) is 0 Å². The molecule has 0 bridgehead atoms. The lowest BCUT2D eigenvalue weighted by Gasteiger charge is -2.18. The van der Waals surface area contributed by atoms with E-state index in [1.807, 2.05) is 6.07 Å². The monoisotopic (exact) mass is 662 g/mol. The Morgan fingerprint density at radius 3 is 1.46 bits per heavy atom. The Labute approximate surface area is 299 Å². The number of para-hydroxylation sites is 1. The summed E-state index contributed by atoms with van der Waals surface area (Å²) in [6.07, 6.45) is 0. The van der Waals surface area contributed by atoms with Crippen molar-refractivity contribution >= 4 is 65.2 Å². The molecule has 11 rings (SSSR count). The minimum absolute atomic E-state index is 0.816. The van der Waals surface area contributed by atoms with Crippen LogP contribution in [0, 0.1) is 0 Å². The van der Waals surface area contributed by atoms with E-state index >= 15 is 0 Å². The number of hydrogen-bond acceptors (Lipinski definition) is 2. The molecule has 0 spiro atoms. The first-order chi connectivity index (χ1) is 25.8. The van der Waals surface area contributed by atoms with Gasteiger partial charge in [0.15, 0.2) is 0 Å².